The first-order valence-corrected chi connectivity index (χ1v) is 8.96. The second kappa shape index (κ2) is 5.98. The summed E-state index contributed by atoms with van der Waals surface area (Å²) in [6, 6.07) is 10.2. The molecular formula is C17H13FN2O4S. The molecule has 1 aliphatic heterocycles. The van der Waals surface area contributed by atoms with E-state index in [4.69, 9.17) is 9.26 Å². The van der Waals surface area contributed by atoms with Gasteiger partial charge in [0.2, 0.25) is 10.0 Å². The number of hydrogen-bond acceptors (Lipinski definition) is 5. The molecule has 2 heterocycles. The molecule has 1 N–H and O–H groups in total. The Labute approximate surface area is 143 Å². The summed E-state index contributed by atoms with van der Waals surface area (Å²) in [6.45, 7) is 0.393. The molecular weight excluding hydrogens is 347 g/mol. The Morgan fingerprint density at radius 2 is 1.96 bits per heavy atom. The van der Waals surface area contributed by atoms with Crippen LogP contribution in [0.3, 0.4) is 0 Å². The van der Waals surface area contributed by atoms with Gasteiger partial charge in [-0.25, -0.2) is 17.5 Å². The SMILES string of the molecule is O=S(=O)(NCc1ccc(F)cc1)c1ccc2c(c1)-c1oncc1CO2. The van der Waals surface area contributed by atoms with Crippen LogP contribution in [0, 0.1) is 5.82 Å². The first-order valence-electron chi connectivity index (χ1n) is 7.48. The zero-order chi connectivity index (χ0) is 17.4. The minimum Gasteiger partial charge on any atom is -0.488 e. The Bertz CT molecular complexity index is 1030. The van der Waals surface area contributed by atoms with Crippen LogP contribution in [0.15, 0.2) is 58.1 Å². The fourth-order valence-corrected chi connectivity index (χ4v) is 3.63. The van der Waals surface area contributed by atoms with Gasteiger partial charge < -0.3 is 9.26 Å². The summed E-state index contributed by atoms with van der Waals surface area (Å²) >= 11 is 0. The number of halogens is 1. The van der Waals surface area contributed by atoms with E-state index in [0.29, 0.717) is 29.2 Å². The van der Waals surface area contributed by atoms with Crippen LogP contribution in [-0.2, 0) is 23.2 Å². The van der Waals surface area contributed by atoms with Gasteiger partial charge >= 0.3 is 0 Å². The molecule has 4 rings (SSSR count). The number of fused-ring (bicyclic) bond motifs is 3. The summed E-state index contributed by atoms with van der Waals surface area (Å²) in [4.78, 5) is 0.0845. The molecule has 2 aromatic carbocycles. The third-order valence-corrected chi connectivity index (χ3v) is 5.31. The number of nitrogens with zero attached hydrogens (tertiary/aromatic N) is 1. The first kappa shape index (κ1) is 15.8. The van der Waals surface area contributed by atoms with E-state index in [1.54, 1.807) is 12.3 Å². The van der Waals surface area contributed by atoms with Crippen molar-refractivity contribution in [3.05, 3.63) is 65.6 Å². The molecule has 6 nitrogen and oxygen atoms in total. The maximum Gasteiger partial charge on any atom is 0.240 e. The molecule has 0 amide bonds. The Morgan fingerprint density at radius 3 is 2.76 bits per heavy atom. The lowest BCUT2D eigenvalue weighted by atomic mass is 10.1. The highest BCUT2D eigenvalue weighted by Gasteiger charge is 2.24. The molecule has 1 aliphatic rings. The van der Waals surface area contributed by atoms with Gasteiger partial charge in [-0.05, 0) is 35.9 Å². The molecule has 0 saturated carbocycles. The fourth-order valence-electron chi connectivity index (χ4n) is 2.58. The van der Waals surface area contributed by atoms with Crippen LogP contribution in [0.25, 0.3) is 11.3 Å². The Kier molecular flexibility index (Phi) is 3.78. The number of sulfonamides is 1. The van der Waals surface area contributed by atoms with E-state index >= 15 is 0 Å². The van der Waals surface area contributed by atoms with Gasteiger partial charge in [0.25, 0.3) is 0 Å². The van der Waals surface area contributed by atoms with E-state index in [1.807, 2.05) is 0 Å². The predicted octanol–water partition coefficient (Wildman–Crippen LogP) is 2.85. The molecule has 0 spiro atoms. The van der Waals surface area contributed by atoms with Crippen molar-refractivity contribution in [1.82, 2.24) is 9.88 Å². The molecule has 1 aromatic heterocycles. The normalized spacial score (nSPS) is 13.0. The van der Waals surface area contributed by atoms with Crippen LogP contribution in [0.4, 0.5) is 4.39 Å². The maximum atomic E-state index is 12.9. The summed E-state index contributed by atoms with van der Waals surface area (Å²) < 4.78 is 51.3. The Hall–Kier alpha value is -2.71. The van der Waals surface area contributed by atoms with Crippen LogP contribution < -0.4 is 9.46 Å². The van der Waals surface area contributed by atoms with Crippen molar-refractivity contribution in [2.24, 2.45) is 0 Å². The van der Waals surface area contributed by atoms with Crippen LogP contribution >= 0.6 is 0 Å². The fraction of sp³-hybridized carbons (Fsp3) is 0.118. The number of ether oxygens (including phenoxy) is 1. The number of aromatic nitrogens is 1. The highest BCUT2D eigenvalue weighted by Crippen LogP contribution is 2.38. The lowest BCUT2D eigenvalue weighted by molar-refractivity contribution is 0.297. The van der Waals surface area contributed by atoms with Crippen LogP contribution in [0.1, 0.15) is 11.1 Å². The van der Waals surface area contributed by atoms with Gasteiger partial charge in [-0.2, -0.15) is 0 Å². The van der Waals surface area contributed by atoms with E-state index in [9.17, 15) is 12.8 Å². The molecule has 0 bridgehead atoms. The first-order chi connectivity index (χ1) is 12.0. The third kappa shape index (κ3) is 3.01. The molecule has 128 valence electrons. The van der Waals surface area contributed by atoms with Crippen LogP contribution in [-0.4, -0.2) is 13.6 Å². The monoisotopic (exact) mass is 360 g/mol. The Balaban J connectivity index is 1.61. The quantitative estimate of drug-likeness (QED) is 0.774. The number of hydrogen-bond donors (Lipinski definition) is 1. The van der Waals surface area contributed by atoms with Crippen molar-refractivity contribution in [2.45, 2.75) is 18.0 Å². The maximum absolute atomic E-state index is 12.9. The van der Waals surface area contributed by atoms with Gasteiger partial charge in [-0.15, -0.1) is 0 Å². The number of nitrogens with one attached hydrogen (secondary N) is 1. The van der Waals surface area contributed by atoms with Crippen molar-refractivity contribution in [3.63, 3.8) is 0 Å². The molecule has 0 fully saturated rings. The summed E-state index contributed by atoms with van der Waals surface area (Å²) in [5.41, 5.74) is 1.97. The van der Waals surface area contributed by atoms with E-state index in [0.717, 1.165) is 5.56 Å². The lowest BCUT2D eigenvalue weighted by Crippen LogP contribution is -2.23. The largest absolute Gasteiger partial charge is 0.488 e. The van der Waals surface area contributed by atoms with Gasteiger partial charge in [0.1, 0.15) is 18.2 Å². The van der Waals surface area contributed by atoms with E-state index in [2.05, 4.69) is 9.88 Å². The van der Waals surface area contributed by atoms with E-state index in [-0.39, 0.29) is 17.3 Å². The lowest BCUT2D eigenvalue weighted by Gasteiger charge is -2.16. The molecule has 25 heavy (non-hydrogen) atoms. The van der Waals surface area contributed by atoms with E-state index in [1.165, 1.54) is 36.4 Å². The smallest absolute Gasteiger partial charge is 0.240 e. The van der Waals surface area contributed by atoms with Crippen molar-refractivity contribution in [3.8, 4) is 17.1 Å². The van der Waals surface area contributed by atoms with Gasteiger partial charge in [0, 0.05) is 6.54 Å². The van der Waals surface area contributed by atoms with E-state index < -0.39 is 10.0 Å². The third-order valence-electron chi connectivity index (χ3n) is 3.91. The van der Waals surface area contributed by atoms with Crippen LogP contribution in [0.5, 0.6) is 5.75 Å². The molecule has 0 radical (unpaired) electrons. The van der Waals surface area contributed by atoms with Crippen molar-refractivity contribution in [1.29, 1.82) is 0 Å². The summed E-state index contributed by atoms with van der Waals surface area (Å²) in [5, 5.41) is 3.73. The minimum atomic E-state index is -3.75. The highest BCUT2D eigenvalue weighted by molar-refractivity contribution is 7.89. The standard InChI is InChI=1S/C17H13FN2O4S/c18-13-3-1-11(2-4-13)8-20-25(21,22)14-5-6-16-15(7-14)17-12(10-23-16)9-19-24-17/h1-7,9,20H,8,10H2. The second-order valence-electron chi connectivity index (χ2n) is 5.58. The zero-order valence-corrected chi connectivity index (χ0v) is 13.7. The molecule has 0 aliphatic carbocycles. The van der Waals surface area contributed by atoms with Crippen molar-refractivity contribution >= 4 is 10.0 Å². The van der Waals surface area contributed by atoms with Gasteiger partial charge in [0.15, 0.2) is 5.76 Å². The van der Waals surface area contributed by atoms with Crippen LogP contribution in [0.2, 0.25) is 0 Å². The predicted molar refractivity (Wildman–Crippen MR) is 86.7 cm³/mol. The molecule has 0 atom stereocenters. The molecule has 0 unspecified atom stereocenters. The van der Waals surface area contributed by atoms with Crippen molar-refractivity contribution < 1.29 is 22.1 Å². The molecule has 0 saturated heterocycles. The second-order valence-corrected chi connectivity index (χ2v) is 7.34. The minimum absolute atomic E-state index is 0.0593. The number of rotatable bonds is 4. The topological polar surface area (TPSA) is 81.4 Å². The molecule has 8 heteroatoms. The van der Waals surface area contributed by atoms with Gasteiger partial charge in [-0.1, -0.05) is 17.3 Å². The van der Waals surface area contributed by atoms with Gasteiger partial charge in [-0.3, -0.25) is 0 Å². The van der Waals surface area contributed by atoms with Crippen molar-refractivity contribution in [2.75, 3.05) is 0 Å². The Morgan fingerprint density at radius 1 is 1.16 bits per heavy atom. The average Bonchev–Trinajstić information content (AvgIpc) is 3.10. The zero-order valence-electron chi connectivity index (χ0n) is 12.9. The summed E-state index contributed by atoms with van der Waals surface area (Å²) in [5.74, 6) is 0.683. The number of benzene rings is 2. The summed E-state index contributed by atoms with van der Waals surface area (Å²) in [6.07, 6.45) is 1.55. The average molecular weight is 360 g/mol. The summed E-state index contributed by atoms with van der Waals surface area (Å²) in [7, 11) is -3.75. The van der Waals surface area contributed by atoms with Gasteiger partial charge in [0.05, 0.1) is 22.2 Å². The molecule has 3 aromatic rings. The highest BCUT2D eigenvalue weighted by atomic mass is 32.2.